The number of methoxy groups -OCH3 is 1. The molecule has 2 rings (SSSR count). The third-order valence-electron chi connectivity index (χ3n) is 2.38. The van der Waals surface area contributed by atoms with Crippen molar-refractivity contribution in [1.29, 1.82) is 0 Å². The maximum atomic E-state index is 13.5. The molecule has 0 aliphatic rings. The molecule has 3 nitrogen and oxygen atoms in total. The molecule has 0 saturated carbocycles. The standard InChI is InChI=1S/C12H10FNO2/c1-7(15)12-9-5-8(16-2)3-4-11(9)14-6-10(12)13/h3-6H,1-2H3. The lowest BCUT2D eigenvalue weighted by atomic mass is 10.1. The number of ether oxygens (including phenoxy) is 1. The number of nitrogens with zero attached hydrogens (tertiary/aromatic N) is 1. The van der Waals surface area contributed by atoms with Gasteiger partial charge in [-0.2, -0.15) is 0 Å². The van der Waals surface area contributed by atoms with Crippen molar-refractivity contribution in [2.24, 2.45) is 0 Å². The fourth-order valence-electron chi connectivity index (χ4n) is 1.63. The zero-order valence-corrected chi connectivity index (χ0v) is 8.95. The lowest BCUT2D eigenvalue weighted by molar-refractivity contribution is 0.101. The van der Waals surface area contributed by atoms with Gasteiger partial charge in [-0.25, -0.2) is 4.39 Å². The van der Waals surface area contributed by atoms with E-state index in [1.807, 2.05) is 0 Å². The molecule has 0 bridgehead atoms. The number of halogens is 1. The van der Waals surface area contributed by atoms with E-state index in [2.05, 4.69) is 4.98 Å². The van der Waals surface area contributed by atoms with Gasteiger partial charge in [-0.3, -0.25) is 9.78 Å². The first-order valence-electron chi connectivity index (χ1n) is 4.76. The van der Waals surface area contributed by atoms with Gasteiger partial charge in [-0.05, 0) is 25.1 Å². The Labute approximate surface area is 91.9 Å². The van der Waals surface area contributed by atoms with E-state index in [0.717, 1.165) is 6.20 Å². The van der Waals surface area contributed by atoms with Gasteiger partial charge in [0.15, 0.2) is 11.6 Å². The maximum Gasteiger partial charge on any atom is 0.163 e. The highest BCUT2D eigenvalue weighted by atomic mass is 19.1. The maximum absolute atomic E-state index is 13.5. The highest BCUT2D eigenvalue weighted by Crippen LogP contribution is 2.24. The molecule has 82 valence electrons. The van der Waals surface area contributed by atoms with Crippen LogP contribution in [0.3, 0.4) is 0 Å². The first-order chi connectivity index (χ1) is 7.63. The van der Waals surface area contributed by atoms with Crippen molar-refractivity contribution in [3.8, 4) is 5.75 Å². The van der Waals surface area contributed by atoms with E-state index in [1.54, 1.807) is 18.2 Å². The van der Waals surface area contributed by atoms with Crippen LogP contribution in [0.15, 0.2) is 24.4 Å². The Morgan fingerprint density at radius 1 is 1.44 bits per heavy atom. The molecule has 1 heterocycles. The Bertz CT molecular complexity index is 566. The molecule has 0 atom stereocenters. The molecule has 0 amide bonds. The smallest absolute Gasteiger partial charge is 0.163 e. The monoisotopic (exact) mass is 219 g/mol. The van der Waals surface area contributed by atoms with Crippen LogP contribution in [0.4, 0.5) is 4.39 Å². The Hall–Kier alpha value is -1.97. The van der Waals surface area contributed by atoms with Crippen LogP contribution in [0.2, 0.25) is 0 Å². The summed E-state index contributed by atoms with van der Waals surface area (Å²) >= 11 is 0. The average molecular weight is 219 g/mol. The number of rotatable bonds is 2. The molecule has 0 unspecified atom stereocenters. The predicted molar refractivity (Wildman–Crippen MR) is 58.3 cm³/mol. The van der Waals surface area contributed by atoms with Crippen molar-refractivity contribution in [3.63, 3.8) is 0 Å². The van der Waals surface area contributed by atoms with Crippen LogP contribution >= 0.6 is 0 Å². The van der Waals surface area contributed by atoms with Gasteiger partial charge in [0.25, 0.3) is 0 Å². The highest BCUT2D eigenvalue weighted by molar-refractivity contribution is 6.06. The highest BCUT2D eigenvalue weighted by Gasteiger charge is 2.13. The molecule has 0 radical (unpaired) electrons. The van der Waals surface area contributed by atoms with Crippen LogP contribution in [0, 0.1) is 5.82 Å². The van der Waals surface area contributed by atoms with Crippen LogP contribution in [0.25, 0.3) is 10.9 Å². The summed E-state index contributed by atoms with van der Waals surface area (Å²) in [7, 11) is 1.52. The van der Waals surface area contributed by atoms with Crippen LogP contribution < -0.4 is 4.74 Å². The topological polar surface area (TPSA) is 39.2 Å². The fourth-order valence-corrected chi connectivity index (χ4v) is 1.63. The third kappa shape index (κ3) is 1.62. The summed E-state index contributed by atoms with van der Waals surface area (Å²) in [6.07, 6.45) is 1.06. The number of hydrogen-bond acceptors (Lipinski definition) is 3. The second-order valence-corrected chi connectivity index (χ2v) is 3.42. The summed E-state index contributed by atoms with van der Waals surface area (Å²) in [5.41, 5.74) is 0.635. The lowest BCUT2D eigenvalue weighted by Gasteiger charge is -2.06. The number of fused-ring (bicyclic) bond motifs is 1. The number of Topliss-reactive ketones (excluding diaryl/α,β-unsaturated/α-hetero) is 1. The zero-order valence-electron chi connectivity index (χ0n) is 8.95. The summed E-state index contributed by atoms with van der Waals surface area (Å²) < 4.78 is 18.5. The molecule has 1 aromatic carbocycles. The molecule has 0 aliphatic heterocycles. The molecular formula is C12H10FNO2. The fraction of sp³-hybridized carbons (Fsp3) is 0.167. The summed E-state index contributed by atoms with van der Waals surface area (Å²) in [5, 5.41) is 0.479. The van der Waals surface area contributed by atoms with Crippen molar-refractivity contribution in [2.75, 3.05) is 7.11 Å². The minimum absolute atomic E-state index is 0.0592. The van der Waals surface area contributed by atoms with Crippen molar-refractivity contribution in [2.45, 2.75) is 6.92 Å². The van der Waals surface area contributed by atoms with Crippen molar-refractivity contribution in [1.82, 2.24) is 4.98 Å². The van der Waals surface area contributed by atoms with Crippen LogP contribution in [-0.4, -0.2) is 17.9 Å². The second-order valence-electron chi connectivity index (χ2n) is 3.42. The van der Waals surface area contributed by atoms with Gasteiger partial charge in [0.2, 0.25) is 0 Å². The minimum atomic E-state index is -0.603. The minimum Gasteiger partial charge on any atom is -0.497 e. The number of hydrogen-bond donors (Lipinski definition) is 0. The summed E-state index contributed by atoms with van der Waals surface area (Å²) in [6, 6.07) is 5.03. The zero-order chi connectivity index (χ0) is 11.7. The SMILES string of the molecule is COc1ccc2ncc(F)c(C(C)=O)c2c1. The van der Waals surface area contributed by atoms with E-state index >= 15 is 0 Å². The van der Waals surface area contributed by atoms with E-state index in [1.165, 1.54) is 14.0 Å². The summed E-state index contributed by atoms with van der Waals surface area (Å²) in [5.74, 6) is -0.353. The van der Waals surface area contributed by atoms with E-state index in [4.69, 9.17) is 4.74 Å². The normalized spacial score (nSPS) is 10.4. The lowest BCUT2D eigenvalue weighted by Crippen LogP contribution is -2.00. The Balaban J connectivity index is 2.83. The predicted octanol–water partition coefficient (Wildman–Crippen LogP) is 2.59. The van der Waals surface area contributed by atoms with Gasteiger partial charge in [0.05, 0.1) is 24.4 Å². The van der Waals surface area contributed by atoms with Crippen LogP contribution in [-0.2, 0) is 0 Å². The molecule has 0 aliphatic carbocycles. The number of carbonyl (C=O) groups is 1. The first kappa shape index (κ1) is 10.5. The van der Waals surface area contributed by atoms with Crippen molar-refractivity contribution < 1.29 is 13.9 Å². The number of pyridine rings is 1. The molecule has 2 aromatic rings. The van der Waals surface area contributed by atoms with Crippen molar-refractivity contribution in [3.05, 3.63) is 35.8 Å². The Kier molecular flexibility index (Phi) is 2.56. The van der Waals surface area contributed by atoms with Gasteiger partial charge in [-0.1, -0.05) is 0 Å². The molecule has 0 fully saturated rings. The quantitative estimate of drug-likeness (QED) is 0.729. The molecule has 0 spiro atoms. The molecule has 0 N–H and O–H groups in total. The van der Waals surface area contributed by atoms with Crippen LogP contribution in [0.1, 0.15) is 17.3 Å². The van der Waals surface area contributed by atoms with E-state index in [9.17, 15) is 9.18 Å². The molecule has 0 saturated heterocycles. The van der Waals surface area contributed by atoms with Gasteiger partial charge in [0, 0.05) is 5.39 Å². The second kappa shape index (κ2) is 3.89. The number of aromatic nitrogens is 1. The number of benzene rings is 1. The summed E-state index contributed by atoms with van der Waals surface area (Å²) in [4.78, 5) is 15.3. The molecule has 16 heavy (non-hydrogen) atoms. The van der Waals surface area contributed by atoms with E-state index in [0.29, 0.717) is 16.7 Å². The average Bonchev–Trinajstić information content (AvgIpc) is 2.27. The van der Waals surface area contributed by atoms with E-state index < -0.39 is 5.82 Å². The van der Waals surface area contributed by atoms with Gasteiger partial charge in [0.1, 0.15) is 5.75 Å². The molecule has 1 aromatic heterocycles. The van der Waals surface area contributed by atoms with Gasteiger partial charge < -0.3 is 4.74 Å². The summed E-state index contributed by atoms with van der Waals surface area (Å²) in [6.45, 7) is 1.33. The Morgan fingerprint density at radius 2 is 2.19 bits per heavy atom. The number of carbonyl (C=O) groups excluding carboxylic acids is 1. The van der Waals surface area contributed by atoms with Crippen molar-refractivity contribution >= 4 is 16.7 Å². The molecule has 4 heteroatoms. The third-order valence-corrected chi connectivity index (χ3v) is 2.38. The van der Waals surface area contributed by atoms with Gasteiger partial charge in [-0.15, -0.1) is 0 Å². The number of ketones is 1. The van der Waals surface area contributed by atoms with Gasteiger partial charge >= 0.3 is 0 Å². The first-order valence-corrected chi connectivity index (χ1v) is 4.76. The Morgan fingerprint density at radius 3 is 2.81 bits per heavy atom. The van der Waals surface area contributed by atoms with E-state index in [-0.39, 0.29) is 11.3 Å². The van der Waals surface area contributed by atoms with Crippen LogP contribution in [0.5, 0.6) is 5.75 Å². The largest absolute Gasteiger partial charge is 0.497 e. The molecular weight excluding hydrogens is 209 g/mol.